The van der Waals surface area contributed by atoms with Crippen molar-refractivity contribution in [1.29, 1.82) is 5.26 Å². The van der Waals surface area contributed by atoms with E-state index in [1.165, 1.54) is 18.2 Å². The Kier molecular flexibility index (Phi) is 5.61. The zero-order valence-corrected chi connectivity index (χ0v) is 15.9. The van der Waals surface area contributed by atoms with Crippen LogP contribution in [0.2, 0.25) is 0 Å². The smallest absolute Gasteiger partial charge is 0.335 e. The van der Waals surface area contributed by atoms with E-state index in [9.17, 15) is 20.0 Å². The highest BCUT2D eigenvalue weighted by atomic mass is 16.4. The summed E-state index contributed by atoms with van der Waals surface area (Å²) in [4.78, 5) is 23.6. The number of nitrogens with zero attached hydrogens (tertiary/aromatic N) is 1. The van der Waals surface area contributed by atoms with E-state index in [4.69, 9.17) is 4.42 Å². The second kappa shape index (κ2) is 8.28. The molecule has 1 aromatic heterocycles. The number of aryl methyl sites for hydroxylation is 2. The molecule has 0 unspecified atom stereocenters. The molecule has 0 spiro atoms. The molecule has 0 aliphatic heterocycles. The maximum Gasteiger partial charge on any atom is 0.335 e. The summed E-state index contributed by atoms with van der Waals surface area (Å²) in [5.74, 6) is -0.804. The van der Waals surface area contributed by atoms with Gasteiger partial charge in [-0.1, -0.05) is 18.2 Å². The lowest BCUT2D eigenvalue weighted by atomic mass is 10.0. The van der Waals surface area contributed by atoms with E-state index in [0.717, 1.165) is 11.1 Å². The number of furan rings is 1. The molecule has 0 bridgehead atoms. The van der Waals surface area contributed by atoms with Gasteiger partial charge in [-0.2, -0.15) is 5.26 Å². The van der Waals surface area contributed by atoms with Gasteiger partial charge < -0.3 is 14.8 Å². The number of benzene rings is 2. The Morgan fingerprint density at radius 2 is 1.90 bits per heavy atom. The standard InChI is InChI=1S/C23H18N2O4/c1-14-4-3-5-18(10-14)25-22(26)17(13-24)11-19-8-9-21(29-19)20-12-16(23(27)28)7-6-15(20)2/h3-12H,1-2H3,(H,25,26)(H,27,28). The largest absolute Gasteiger partial charge is 0.478 e. The molecule has 6 heteroatoms. The van der Waals surface area contributed by atoms with Crippen molar-refractivity contribution in [2.24, 2.45) is 0 Å². The molecule has 0 saturated heterocycles. The quantitative estimate of drug-likeness (QED) is 0.484. The van der Waals surface area contributed by atoms with Crippen LogP contribution in [0.1, 0.15) is 27.2 Å². The number of anilines is 1. The van der Waals surface area contributed by atoms with Gasteiger partial charge in [-0.15, -0.1) is 0 Å². The third-order valence-corrected chi connectivity index (χ3v) is 4.30. The van der Waals surface area contributed by atoms with Crippen molar-refractivity contribution < 1.29 is 19.1 Å². The van der Waals surface area contributed by atoms with Gasteiger partial charge in [-0.25, -0.2) is 4.79 Å². The molecule has 1 amide bonds. The van der Waals surface area contributed by atoms with Crippen LogP contribution in [0.3, 0.4) is 0 Å². The van der Waals surface area contributed by atoms with Crippen molar-refractivity contribution in [2.45, 2.75) is 13.8 Å². The van der Waals surface area contributed by atoms with Gasteiger partial charge in [-0.3, -0.25) is 4.79 Å². The molecule has 0 aliphatic rings. The summed E-state index contributed by atoms with van der Waals surface area (Å²) in [5.41, 5.74) is 3.10. The summed E-state index contributed by atoms with van der Waals surface area (Å²) in [6.45, 7) is 3.75. The van der Waals surface area contributed by atoms with Crippen LogP contribution in [0.4, 0.5) is 5.69 Å². The van der Waals surface area contributed by atoms with Gasteiger partial charge in [0.1, 0.15) is 23.2 Å². The van der Waals surface area contributed by atoms with E-state index in [0.29, 0.717) is 22.8 Å². The lowest BCUT2D eigenvalue weighted by Crippen LogP contribution is -2.13. The van der Waals surface area contributed by atoms with Crippen LogP contribution in [-0.4, -0.2) is 17.0 Å². The molecule has 0 fully saturated rings. The van der Waals surface area contributed by atoms with Crippen molar-refractivity contribution in [2.75, 3.05) is 5.32 Å². The Morgan fingerprint density at radius 1 is 1.10 bits per heavy atom. The third-order valence-electron chi connectivity index (χ3n) is 4.30. The molecule has 2 N–H and O–H groups in total. The van der Waals surface area contributed by atoms with Crippen LogP contribution >= 0.6 is 0 Å². The number of aromatic carboxylic acids is 1. The Bertz CT molecular complexity index is 1170. The van der Waals surface area contributed by atoms with Crippen LogP contribution in [0.5, 0.6) is 0 Å². The SMILES string of the molecule is Cc1cccc(NC(=O)C(C#N)=Cc2ccc(-c3cc(C(=O)O)ccc3C)o2)c1. The normalized spacial score (nSPS) is 11.0. The second-order valence-electron chi connectivity index (χ2n) is 6.53. The Labute approximate surface area is 167 Å². The highest BCUT2D eigenvalue weighted by Crippen LogP contribution is 2.27. The number of carbonyl (C=O) groups excluding carboxylic acids is 1. The minimum atomic E-state index is -1.03. The summed E-state index contributed by atoms with van der Waals surface area (Å²) in [5, 5.41) is 21.2. The van der Waals surface area contributed by atoms with Gasteiger partial charge in [0.25, 0.3) is 5.91 Å². The Hall–Kier alpha value is -4.11. The molecule has 0 atom stereocenters. The molecular weight excluding hydrogens is 368 g/mol. The molecule has 0 radical (unpaired) electrons. The number of carboxylic acid groups (broad SMARTS) is 1. The molecule has 0 saturated carbocycles. The lowest BCUT2D eigenvalue weighted by Gasteiger charge is -2.05. The van der Waals surface area contributed by atoms with Gasteiger partial charge in [-0.05, 0) is 61.4 Å². The van der Waals surface area contributed by atoms with Crippen LogP contribution in [0, 0.1) is 25.2 Å². The van der Waals surface area contributed by atoms with Crippen molar-refractivity contribution in [3.8, 4) is 17.4 Å². The predicted octanol–water partition coefficient (Wildman–Crippen LogP) is 4.81. The number of hydrogen-bond donors (Lipinski definition) is 2. The second-order valence-corrected chi connectivity index (χ2v) is 6.53. The van der Waals surface area contributed by atoms with E-state index >= 15 is 0 Å². The number of carboxylic acids is 1. The fourth-order valence-corrected chi connectivity index (χ4v) is 2.81. The highest BCUT2D eigenvalue weighted by molar-refractivity contribution is 6.09. The van der Waals surface area contributed by atoms with Gasteiger partial charge >= 0.3 is 5.97 Å². The van der Waals surface area contributed by atoms with Gasteiger partial charge in [0.05, 0.1) is 5.56 Å². The van der Waals surface area contributed by atoms with Crippen molar-refractivity contribution in [1.82, 2.24) is 0 Å². The maximum absolute atomic E-state index is 12.4. The predicted molar refractivity (Wildman–Crippen MR) is 109 cm³/mol. The van der Waals surface area contributed by atoms with E-state index in [1.807, 2.05) is 32.0 Å². The number of hydrogen-bond acceptors (Lipinski definition) is 4. The van der Waals surface area contributed by atoms with Crippen molar-refractivity contribution in [3.05, 3.63) is 82.6 Å². The average molecular weight is 386 g/mol. The zero-order valence-electron chi connectivity index (χ0n) is 15.9. The van der Waals surface area contributed by atoms with Crippen LogP contribution < -0.4 is 5.32 Å². The molecule has 2 aromatic carbocycles. The van der Waals surface area contributed by atoms with Gasteiger partial charge in [0.15, 0.2) is 0 Å². The number of amides is 1. The zero-order chi connectivity index (χ0) is 21.0. The van der Waals surface area contributed by atoms with Crippen LogP contribution in [-0.2, 0) is 4.79 Å². The van der Waals surface area contributed by atoms with Crippen LogP contribution in [0.25, 0.3) is 17.4 Å². The monoisotopic (exact) mass is 386 g/mol. The molecule has 3 aromatic rings. The van der Waals surface area contributed by atoms with Gasteiger partial charge in [0, 0.05) is 17.3 Å². The van der Waals surface area contributed by atoms with E-state index in [-0.39, 0.29) is 11.1 Å². The van der Waals surface area contributed by atoms with E-state index in [2.05, 4.69) is 5.32 Å². The first-order valence-corrected chi connectivity index (χ1v) is 8.81. The molecular formula is C23H18N2O4. The van der Waals surface area contributed by atoms with E-state index in [1.54, 1.807) is 30.3 Å². The summed E-state index contributed by atoms with van der Waals surface area (Å²) in [7, 11) is 0. The molecule has 29 heavy (non-hydrogen) atoms. The first-order valence-electron chi connectivity index (χ1n) is 8.81. The van der Waals surface area contributed by atoms with Crippen LogP contribution in [0.15, 0.2) is 64.6 Å². The number of carbonyl (C=O) groups is 2. The third kappa shape index (κ3) is 4.60. The molecule has 6 nitrogen and oxygen atoms in total. The fraction of sp³-hybridized carbons (Fsp3) is 0.0870. The first kappa shape index (κ1) is 19.6. The fourth-order valence-electron chi connectivity index (χ4n) is 2.81. The average Bonchev–Trinajstić information content (AvgIpc) is 3.14. The first-order chi connectivity index (χ1) is 13.9. The molecule has 1 heterocycles. The summed E-state index contributed by atoms with van der Waals surface area (Å²) < 4.78 is 5.74. The van der Waals surface area contributed by atoms with Crippen molar-refractivity contribution in [3.63, 3.8) is 0 Å². The summed E-state index contributed by atoms with van der Waals surface area (Å²) in [6, 6.07) is 17.2. The number of nitriles is 1. The maximum atomic E-state index is 12.4. The molecule has 3 rings (SSSR count). The van der Waals surface area contributed by atoms with E-state index < -0.39 is 11.9 Å². The minimum Gasteiger partial charge on any atom is -0.478 e. The van der Waals surface area contributed by atoms with Crippen molar-refractivity contribution >= 4 is 23.6 Å². The highest BCUT2D eigenvalue weighted by Gasteiger charge is 2.14. The number of rotatable bonds is 5. The molecule has 0 aliphatic carbocycles. The topological polar surface area (TPSA) is 103 Å². The minimum absolute atomic E-state index is 0.108. The summed E-state index contributed by atoms with van der Waals surface area (Å²) >= 11 is 0. The number of nitrogens with one attached hydrogen (secondary N) is 1. The Balaban J connectivity index is 1.86. The molecule has 144 valence electrons. The lowest BCUT2D eigenvalue weighted by molar-refractivity contribution is -0.112. The Morgan fingerprint density at radius 3 is 2.59 bits per heavy atom. The van der Waals surface area contributed by atoms with Gasteiger partial charge in [0.2, 0.25) is 0 Å². The summed E-state index contributed by atoms with van der Waals surface area (Å²) in [6.07, 6.45) is 1.35.